The Morgan fingerprint density at radius 3 is 2.67 bits per heavy atom. The predicted octanol–water partition coefficient (Wildman–Crippen LogP) is 2.76. The lowest BCUT2D eigenvalue weighted by Gasteiger charge is -2.30. The summed E-state index contributed by atoms with van der Waals surface area (Å²) in [5.41, 5.74) is 2.48. The van der Waals surface area contributed by atoms with Crippen molar-refractivity contribution in [2.24, 2.45) is 0 Å². The van der Waals surface area contributed by atoms with Crippen LogP contribution in [0.25, 0.3) is 0 Å². The third-order valence-electron chi connectivity index (χ3n) is 3.84. The molecule has 0 unspecified atom stereocenters. The van der Waals surface area contributed by atoms with Crippen LogP contribution in [0.3, 0.4) is 0 Å². The molecule has 1 N–H and O–H groups in total. The van der Waals surface area contributed by atoms with Gasteiger partial charge in [-0.25, -0.2) is 0 Å². The van der Waals surface area contributed by atoms with Gasteiger partial charge < -0.3 is 5.32 Å². The van der Waals surface area contributed by atoms with E-state index in [0.29, 0.717) is 17.3 Å². The van der Waals surface area contributed by atoms with Crippen molar-refractivity contribution in [3.8, 4) is 0 Å². The summed E-state index contributed by atoms with van der Waals surface area (Å²) >= 11 is 5.88. The minimum atomic E-state index is -0.178. The van der Waals surface area contributed by atoms with Crippen molar-refractivity contribution in [1.29, 1.82) is 0 Å². The summed E-state index contributed by atoms with van der Waals surface area (Å²) in [5.74, 6) is -0.281. The van der Waals surface area contributed by atoms with Gasteiger partial charge in [0, 0.05) is 11.6 Å². The number of carbonyl (C=O) groups is 2. The number of fused-ring (bicyclic) bond motifs is 1. The van der Waals surface area contributed by atoms with Crippen molar-refractivity contribution in [1.82, 2.24) is 4.90 Å². The van der Waals surface area contributed by atoms with E-state index in [1.165, 1.54) is 4.90 Å². The Hall–Kier alpha value is -2.37. The fraction of sp³-hybridized carbons (Fsp3) is 0.222. The monoisotopic (exact) mass is 343 g/mol. The molecule has 124 valence electrons. The maximum Gasteiger partial charge on any atom is 0.244 e. The van der Waals surface area contributed by atoms with Crippen LogP contribution in [0.2, 0.25) is 5.02 Å². The topological polar surface area (TPSA) is 52.7 Å². The number of anilines is 2. The van der Waals surface area contributed by atoms with E-state index in [4.69, 9.17) is 11.6 Å². The Balaban J connectivity index is 1.68. The smallest absolute Gasteiger partial charge is 0.244 e. The Bertz CT molecular complexity index is 761. The van der Waals surface area contributed by atoms with Gasteiger partial charge in [-0.05, 0) is 36.9 Å². The van der Waals surface area contributed by atoms with Crippen LogP contribution in [0, 0.1) is 0 Å². The summed E-state index contributed by atoms with van der Waals surface area (Å²) in [4.78, 5) is 27.9. The molecule has 24 heavy (non-hydrogen) atoms. The standard InChI is InChI=1S/C18H18ClN3O2/c1-21(10-13-6-8-14(19)9-7-13)12-18(24)22-11-17(23)20-15-4-2-3-5-16(15)22/h2-9H,10-12H2,1H3,(H,20,23). The second-order valence-corrected chi connectivity index (χ2v) is 6.28. The molecule has 0 atom stereocenters. The molecule has 2 aromatic rings. The number of benzene rings is 2. The zero-order valence-corrected chi connectivity index (χ0v) is 14.1. The number of halogens is 1. The van der Waals surface area contributed by atoms with Crippen molar-refractivity contribution in [2.75, 3.05) is 30.4 Å². The molecule has 5 nitrogen and oxygen atoms in total. The van der Waals surface area contributed by atoms with Gasteiger partial charge in [0.25, 0.3) is 0 Å². The maximum atomic E-state index is 12.6. The minimum Gasteiger partial charge on any atom is -0.323 e. The van der Waals surface area contributed by atoms with Crippen LogP contribution in [0.15, 0.2) is 48.5 Å². The van der Waals surface area contributed by atoms with Crippen LogP contribution in [0.5, 0.6) is 0 Å². The molecule has 0 radical (unpaired) electrons. The van der Waals surface area contributed by atoms with Crippen molar-refractivity contribution >= 4 is 34.8 Å². The lowest BCUT2D eigenvalue weighted by Crippen LogP contribution is -2.45. The summed E-state index contributed by atoms with van der Waals surface area (Å²) in [6.45, 7) is 0.902. The van der Waals surface area contributed by atoms with Gasteiger partial charge in [0.15, 0.2) is 0 Å². The zero-order valence-electron chi connectivity index (χ0n) is 13.3. The van der Waals surface area contributed by atoms with E-state index in [1.54, 1.807) is 6.07 Å². The Morgan fingerprint density at radius 2 is 1.92 bits per heavy atom. The van der Waals surface area contributed by atoms with Crippen LogP contribution < -0.4 is 10.2 Å². The third kappa shape index (κ3) is 3.75. The molecular formula is C18H18ClN3O2. The predicted molar refractivity (Wildman–Crippen MR) is 95.2 cm³/mol. The quantitative estimate of drug-likeness (QED) is 0.928. The first kappa shape index (κ1) is 16.5. The molecule has 1 aliphatic rings. The highest BCUT2D eigenvalue weighted by Gasteiger charge is 2.26. The van der Waals surface area contributed by atoms with Crippen LogP contribution in [-0.4, -0.2) is 36.9 Å². The molecule has 0 fully saturated rings. The molecule has 0 saturated heterocycles. The Labute approximate surface area is 145 Å². The number of hydrogen-bond donors (Lipinski definition) is 1. The number of hydrogen-bond acceptors (Lipinski definition) is 3. The number of likely N-dealkylation sites (N-methyl/N-ethyl adjacent to an activating group) is 1. The second-order valence-electron chi connectivity index (χ2n) is 5.84. The number of para-hydroxylation sites is 2. The van der Waals surface area contributed by atoms with E-state index in [1.807, 2.05) is 54.4 Å². The molecular weight excluding hydrogens is 326 g/mol. The number of nitrogens with zero attached hydrogens (tertiary/aromatic N) is 2. The SMILES string of the molecule is CN(CC(=O)N1CC(=O)Nc2ccccc21)Cc1ccc(Cl)cc1. The van der Waals surface area contributed by atoms with Crippen LogP contribution in [-0.2, 0) is 16.1 Å². The fourth-order valence-electron chi connectivity index (χ4n) is 2.73. The molecule has 2 aromatic carbocycles. The van der Waals surface area contributed by atoms with Crippen LogP contribution >= 0.6 is 11.6 Å². The molecule has 1 aliphatic heterocycles. The zero-order chi connectivity index (χ0) is 17.1. The Kier molecular flexibility index (Phi) is 4.83. The molecule has 0 spiro atoms. The normalized spacial score (nSPS) is 13.6. The Morgan fingerprint density at radius 1 is 1.21 bits per heavy atom. The lowest BCUT2D eigenvalue weighted by molar-refractivity contribution is -0.122. The summed E-state index contributed by atoms with van der Waals surface area (Å²) in [6, 6.07) is 14.9. The van der Waals surface area contributed by atoms with Gasteiger partial charge in [0.1, 0.15) is 6.54 Å². The van der Waals surface area contributed by atoms with E-state index in [9.17, 15) is 9.59 Å². The first-order valence-corrected chi connectivity index (χ1v) is 8.03. The molecule has 3 rings (SSSR count). The van der Waals surface area contributed by atoms with Crippen molar-refractivity contribution in [2.45, 2.75) is 6.54 Å². The van der Waals surface area contributed by atoms with Gasteiger partial charge in [0.05, 0.1) is 17.9 Å². The molecule has 1 heterocycles. The first-order valence-electron chi connectivity index (χ1n) is 7.65. The van der Waals surface area contributed by atoms with Gasteiger partial charge in [0.2, 0.25) is 11.8 Å². The van der Waals surface area contributed by atoms with E-state index < -0.39 is 0 Å². The molecule has 0 aliphatic carbocycles. The first-order chi connectivity index (χ1) is 11.5. The maximum absolute atomic E-state index is 12.6. The molecule has 0 bridgehead atoms. The number of rotatable bonds is 4. The highest BCUT2D eigenvalue weighted by Crippen LogP contribution is 2.28. The highest BCUT2D eigenvalue weighted by atomic mass is 35.5. The average Bonchev–Trinajstić information content (AvgIpc) is 2.56. The van der Waals surface area contributed by atoms with E-state index >= 15 is 0 Å². The van der Waals surface area contributed by atoms with Crippen molar-refractivity contribution in [3.63, 3.8) is 0 Å². The number of carbonyl (C=O) groups excluding carboxylic acids is 2. The van der Waals surface area contributed by atoms with E-state index in [0.717, 1.165) is 11.3 Å². The van der Waals surface area contributed by atoms with Gasteiger partial charge in [-0.3, -0.25) is 19.4 Å². The van der Waals surface area contributed by atoms with Gasteiger partial charge >= 0.3 is 0 Å². The minimum absolute atomic E-state index is 0.0463. The summed E-state index contributed by atoms with van der Waals surface area (Å²) in [6.07, 6.45) is 0. The van der Waals surface area contributed by atoms with Crippen molar-refractivity contribution < 1.29 is 9.59 Å². The molecule has 2 amide bonds. The van der Waals surface area contributed by atoms with Crippen LogP contribution in [0.1, 0.15) is 5.56 Å². The fourth-order valence-corrected chi connectivity index (χ4v) is 2.86. The van der Waals surface area contributed by atoms with Gasteiger partial charge in [-0.1, -0.05) is 35.9 Å². The van der Waals surface area contributed by atoms with E-state index in [-0.39, 0.29) is 24.9 Å². The largest absolute Gasteiger partial charge is 0.323 e. The number of nitrogens with one attached hydrogen (secondary N) is 1. The third-order valence-corrected chi connectivity index (χ3v) is 4.09. The summed E-state index contributed by atoms with van der Waals surface area (Å²) in [7, 11) is 1.88. The highest BCUT2D eigenvalue weighted by molar-refractivity contribution is 6.30. The van der Waals surface area contributed by atoms with Gasteiger partial charge in [-0.15, -0.1) is 0 Å². The summed E-state index contributed by atoms with van der Waals surface area (Å²) in [5, 5.41) is 3.47. The number of amides is 2. The van der Waals surface area contributed by atoms with E-state index in [2.05, 4.69) is 5.32 Å². The van der Waals surface area contributed by atoms with Crippen LogP contribution in [0.4, 0.5) is 11.4 Å². The summed E-state index contributed by atoms with van der Waals surface area (Å²) < 4.78 is 0. The van der Waals surface area contributed by atoms with Gasteiger partial charge in [-0.2, -0.15) is 0 Å². The second kappa shape index (κ2) is 7.03. The lowest BCUT2D eigenvalue weighted by atomic mass is 10.2. The molecule has 6 heteroatoms. The molecule has 0 saturated carbocycles. The molecule has 0 aromatic heterocycles. The van der Waals surface area contributed by atoms with Crippen molar-refractivity contribution in [3.05, 3.63) is 59.1 Å². The average molecular weight is 344 g/mol.